The molecule has 1 heterocycles. The number of carbonyl (C=O) groups excluding carboxylic acids is 2. The lowest BCUT2D eigenvalue weighted by molar-refractivity contribution is -0.121. The second-order valence-corrected chi connectivity index (χ2v) is 10.8. The van der Waals surface area contributed by atoms with Gasteiger partial charge in [-0.2, -0.15) is 0 Å². The molecule has 8 heteroatoms. The van der Waals surface area contributed by atoms with Crippen LogP contribution in [0.4, 0.5) is 5.69 Å². The van der Waals surface area contributed by atoms with Crippen LogP contribution in [-0.2, 0) is 31.6 Å². The van der Waals surface area contributed by atoms with Crippen molar-refractivity contribution < 1.29 is 18.0 Å². The van der Waals surface area contributed by atoms with E-state index in [1.807, 2.05) is 36.4 Å². The van der Waals surface area contributed by atoms with Crippen molar-refractivity contribution in [3.63, 3.8) is 0 Å². The van der Waals surface area contributed by atoms with Gasteiger partial charge in [-0.25, -0.2) is 13.1 Å². The van der Waals surface area contributed by atoms with Crippen molar-refractivity contribution >= 4 is 27.5 Å². The summed E-state index contributed by atoms with van der Waals surface area (Å²) in [4.78, 5) is 25.9. The fourth-order valence-electron chi connectivity index (χ4n) is 3.52. The van der Waals surface area contributed by atoms with E-state index in [-0.39, 0.29) is 35.1 Å². The number of hydrogen-bond donors (Lipinski definition) is 2. The molecule has 2 aromatic rings. The zero-order valence-corrected chi connectivity index (χ0v) is 19.7. The molecule has 1 saturated heterocycles. The Hall–Kier alpha value is -2.71. The molecule has 1 aliphatic heterocycles. The summed E-state index contributed by atoms with van der Waals surface area (Å²) in [6.07, 6.45) is 1.51. The van der Waals surface area contributed by atoms with Crippen LogP contribution in [0.2, 0.25) is 0 Å². The molecule has 2 N–H and O–H groups in total. The minimum Gasteiger partial charge on any atom is -0.352 e. The highest BCUT2D eigenvalue weighted by atomic mass is 32.2. The highest BCUT2D eigenvalue weighted by Crippen LogP contribution is 2.23. The molecule has 0 atom stereocenters. The third kappa shape index (κ3) is 6.17. The van der Waals surface area contributed by atoms with Crippen LogP contribution in [0.1, 0.15) is 51.2 Å². The van der Waals surface area contributed by atoms with Crippen molar-refractivity contribution in [2.24, 2.45) is 0 Å². The topological polar surface area (TPSA) is 95.6 Å². The molecule has 1 fully saturated rings. The lowest BCUT2D eigenvalue weighted by Crippen LogP contribution is -2.30. The summed E-state index contributed by atoms with van der Waals surface area (Å²) in [6, 6.07) is 14.3. The van der Waals surface area contributed by atoms with Gasteiger partial charge in [0.05, 0.1) is 4.90 Å². The molecule has 2 aromatic carbocycles. The Morgan fingerprint density at radius 3 is 2.25 bits per heavy atom. The summed E-state index contributed by atoms with van der Waals surface area (Å²) in [7, 11) is -3.66. The number of nitrogens with zero attached hydrogens (tertiary/aromatic N) is 1. The normalized spacial score (nSPS) is 14.6. The first-order valence-electron chi connectivity index (χ1n) is 10.8. The minimum absolute atomic E-state index is 0.0190. The number of sulfonamides is 1. The van der Waals surface area contributed by atoms with Gasteiger partial charge in [-0.15, -0.1) is 0 Å². The average Bonchev–Trinajstić information content (AvgIpc) is 3.18. The first-order chi connectivity index (χ1) is 15.1. The third-order valence-electron chi connectivity index (χ3n) is 5.49. The van der Waals surface area contributed by atoms with Crippen LogP contribution in [0.3, 0.4) is 0 Å². The summed E-state index contributed by atoms with van der Waals surface area (Å²) in [5.41, 5.74) is 2.77. The smallest absolute Gasteiger partial charge is 0.240 e. The zero-order valence-electron chi connectivity index (χ0n) is 18.8. The molecule has 7 nitrogen and oxygen atoms in total. The van der Waals surface area contributed by atoms with Gasteiger partial charge in [-0.05, 0) is 47.2 Å². The molecule has 0 aromatic heterocycles. The van der Waals surface area contributed by atoms with Crippen LogP contribution in [0.15, 0.2) is 53.4 Å². The van der Waals surface area contributed by atoms with E-state index in [9.17, 15) is 18.0 Å². The molecule has 1 aliphatic rings. The maximum atomic E-state index is 12.4. The van der Waals surface area contributed by atoms with Crippen LogP contribution in [0, 0.1) is 0 Å². The number of carbonyl (C=O) groups is 2. The van der Waals surface area contributed by atoms with E-state index in [1.54, 1.807) is 17.0 Å². The molecule has 0 bridgehead atoms. The van der Waals surface area contributed by atoms with Gasteiger partial charge in [-0.1, -0.05) is 45.0 Å². The van der Waals surface area contributed by atoms with Gasteiger partial charge in [0.1, 0.15) is 0 Å². The quantitative estimate of drug-likeness (QED) is 0.637. The van der Waals surface area contributed by atoms with E-state index in [1.165, 1.54) is 0 Å². The van der Waals surface area contributed by atoms with Crippen molar-refractivity contribution in [1.29, 1.82) is 0 Å². The van der Waals surface area contributed by atoms with E-state index in [4.69, 9.17) is 0 Å². The standard InChI is InChI=1S/C24H31N3O4S/c1-24(2,3)19-8-12-21(13-9-19)32(30,31)26-15-14-22(28)25-17-18-6-10-20(11-7-18)27-16-4-5-23(27)29/h6-13,26H,4-5,14-17H2,1-3H3,(H,25,28). The molecule has 32 heavy (non-hydrogen) atoms. The fourth-order valence-corrected chi connectivity index (χ4v) is 4.55. The Bertz CT molecular complexity index is 1060. The summed E-state index contributed by atoms with van der Waals surface area (Å²) < 4.78 is 27.4. The molecule has 0 spiro atoms. The van der Waals surface area contributed by atoms with E-state index < -0.39 is 10.0 Å². The number of benzene rings is 2. The van der Waals surface area contributed by atoms with E-state index >= 15 is 0 Å². The Labute approximate surface area is 190 Å². The van der Waals surface area contributed by atoms with Gasteiger partial charge in [-0.3, -0.25) is 9.59 Å². The van der Waals surface area contributed by atoms with Gasteiger partial charge in [0.2, 0.25) is 21.8 Å². The van der Waals surface area contributed by atoms with Crippen molar-refractivity contribution in [1.82, 2.24) is 10.0 Å². The van der Waals surface area contributed by atoms with Crippen molar-refractivity contribution in [3.05, 3.63) is 59.7 Å². The Morgan fingerprint density at radius 1 is 1.03 bits per heavy atom. The predicted molar refractivity (Wildman–Crippen MR) is 125 cm³/mol. The average molecular weight is 458 g/mol. The predicted octanol–water partition coefficient (Wildman–Crippen LogP) is 3.10. The molecule has 2 amide bonds. The monoisotopic (exact) mass is 457 g/mol. The summed E-state index contributed by atoms with van der Waals surface area (Å²) >= 11 is 0. The fraction of sp³-hybridized carbons (Fsp3) is 0.417. The molecule has 0 radical (unpaired) electrons. The molecule has 3 rings (SSSR count). The lowest BCUT2D eigenvalue weighted by atomic mass is 9.87. The number of anilines is 1. The number of nitrogens with one attached hydrogen (secondary N) is 2. The Kier molecular flexibility index (Phi) is 7.36. The second kappa shape index (κ2) is 9.83. The van der Waals surface area contributed by atoms with Crippen molar-refractivity contribution in [2.45, 2.75) is 56.9 Å². The third-order valence-corrected chi connectivity index (χ3v) is 6.96. The summed E-state index contributed by atoms with van der Waals surface area (Å²) in [5.74, 6) is -0.103. The Morgan fingerprint density at radius 2 is 1.69 bits per heavy atom. The van der Waals surface area contributed by atoms with Gasteiger partial charge in [0.25, 0.3) is 0 Å². The first-order valence-corrected chi connectivity index (χ1v) is 12.3. The van der Waals surface area contributed by atoms with Crippen molar-refractivity contribution in [2.75, 3.05) is 18.0 Å². The van der Waals surface area contributed by atoms with E-state index in [0.717, 1.165) is 29.8 Å². The highest BCUT2D eigenvalue weighted by molar-refractivity contribution is 7.89. The van der Waals surface area contributed by atoms with Gasteiger partial charge in [0.15, 0.2) is 0 Å². The SMILES string of the molecule is CC(C)(C)c1ccc(S(=O)(=O)NCCC(=O)NCc2ccc(N3CCCC3=O)cc2)cc1. The van der Waals surface area contributed by atoms with E-state index in [0.29, 0.717) is 13.0 Å². The lowest BCUT2D eigenvalue weighted by Gasteiger charge is -2.19. The summed E-state index contributed by atoms with van der Waals surface area (Å²) in [6.45, 7) is 7.30. The van der Waals surface area contributed by atoms with Crippen LogP contribution >= 0.6 is 0 Å². The number of hydrogen-bond acceptors (Lipinski definition) is 4. The van der Waals surface area contributed by atoms with Gasteiger partial charge >= 0.3 is 0 Å². The van der Waals surface area contributed by atoms with Crippen LogP contribution in [0.25, 0.3) is 0 Å². The number of rotatable bonds is 8. The largest absolute Gasteiger partial charge is 0.352 e. The van der Waals surface area contributed by atoms with Gasteiger partial charge in [0, 0.05) is 38.2 Å². The van der Waals surface area contributed by atoms with Gasteiger partial charge < -0.3 is 10.2 Å². The highest BCUT2D eigenvalue weighted by Gasteiger charge is 2.21. The van der Waals surface area contributed by atoms with Crippen LogP contribution in [0.5, 0.6) is 0 Å². The minimum atomic E-state index is -3.66. The molecule has 0 aliphatic carbocycles. The second-order valence-electron chi connectivity index (χ2n) is 9.01. The zero-order chi connectivity index (χ0) is 23.4. The maximum Gasteiger partial charge on any atom is 0.240 e. The molecule has 172 valence electrons. The molecular weight excluding hydrogens is 426 g/mol. The maximum absolute atomic E-state index is 12.4. The molecule has 0 unspecified atom stereocenters. The van der Waals surface area contributed by atoms with Crippen molar-refractivity contribution in [3.8, 4) is 0 Å². The molecular formula is C24H31N3O4S. The van der Waals surface area contributed by atoms with E-state index in [2.05, 4.69) is 30.8 Å². The number of amides is 2. The van der Waals surface area contributed by atoms with Crippen LogP contribution in [-0.4, -0.2) is 33.3 Å². The summed E-state index contributed by atoms with van der Waals surface area (Å²) in [5, 5.41) is 2.79. The Balaban J connectivity index is 1.44. The van der Waals surface area contributed by atoms with Crippen LogP contribution < -0.4 is 14.9 Å². The first kappa shape index (κ1) is 23.9. The molecule has 0 saturated carbocycles.